The molecule has 1 aliphatic heterocycles. The van der Waals surface area contributed by atoms with E-state index in [2.05, 4.69) is 5.32 Å². The van der Waals surface area contributed by atoms with Crippen LogP contribution in [0.15, 0.2) is 0 Å². The number of esters is 4. The first-order valence-corrected chi connectivity index (χ1v) is 11.1. The van der Waals surface area contributed by atoms with Crippen molar-refractivity contribution in [2.24, 2.45) is 0 Å². The van der Waals surface area contributed by atoms with Gasteiger partial charge in [-0.05, 0) is 6.42 Å². The molecule has 2 fully saturated rings. The molecule has 0 aromatic rings. The standard InChI is InChI=1S/C20H29N3O13/c1-9(24)32-8-16-18(33-10(2)25)19(34-11(3)26)17(20(36-16)35-12(4)27)21-14-6-5-13(22(28)29)7-15(14)23(30)31/h13-21H,5-8H2,1-4H3/t13-,14+,15-,16-,17-,18+,19+,20+/m0/s1. The molecule has 8 atom stereocenters. The summed E-state index contributed by atoms with van der Waals surface area (Å²) in [4.78, 5) is 68.7. The van der Waals surface area contributed by atoms with E-state index in [1.165, 1.54) is 0 Å². The molecule has 16 heteroatoms. The SMILES string of the molecule is CC(=O)OC[C@@H]1O[C@@H](OC(C)=O)[C@@H](N[C@@H]2CC[C@H]([N+](=O)[O-])C[C@@H]2[N+](=O)[O-])[C@@H](OC(C)=O)[C@@H]1OC(C)=O. The van der Waals surface area contributed by atoms with Crippen LogP contribution in [0.3, 0.4) is 0 Å². The van der Waals surface area contributed by atoms with Gasteiger partial charge in [-0.2, -0.15) is 0 Å². The number of nitrogens with zero attached hydrogens (tertiary/aromatic N) is 2. The summed E-state index contributed by atoms with van der Waals surface area (Å²) in [6.45, 7) is 3.89. The number of ether oxygens (including phenoxy) is 5. The van der Waals surface area contributed by atoms with Crippen LogP contribution >= 0.6 is 0 Å². The molecule has 1 saturated carbocycles. The van der Waals surface area contributed by atoms with Crippen molar-refractivity contribution in [1.29, 1.82) is 0 Å². The Morgan fingerprint density at radius 1 is 0.861 bits per heavy atom. The summed E-state index contributed by atoms with van der Waals surface area (Å²) >= 11 is 0. The molecule has 0 radical (unpaired) electrons. The highest BCUT2D eigenvalue weighted by Crippen LogP contribution is 2.31. The molecule has 0 spiro atoms. The van der Waals surface area contributed by atoms with E-state index >= 15 is 0 Å². The number of carbonyl (C=O) groups excluding carboxylic acids is 4. The smallest absolute Gasteiger partial charge is 0.304 e. The lowest BCUT2D eigenvalue weighted by Gasteiger charge is -2.46. The van der Waals surface area contributed by atoms with Gasteiger partial charge < -0.3 is 23.7 Å². The molecule has 1 heterocycles. The lowest BCUT2D eigenvalue weighted by molar-refractivity contribution is -0.570. The van der Waals surface area contributed by atoms with Crippen LogP contribution < -0.4 is 5.32 Å². The van der Waals surface area contributed by atoms with E-state index in [-0.39, 0.29) is 19.3 Å². The molecule has 16 nitrogen and oxygen atoms in total. The van der Waals surface area contributed by atoms with Crippen molar-refractivity contribution in [2.75, 3.05) is 6.61 Å². The number of carbonyl (C=O) groups is 4. The lowest BCUT2D eigenvalue weighted by Crippen LogP contribution is -2.69. The zero-order chi connectivity index (χ0) is 27.2. The van der Waals surface area contributed by atoms with E-state index in [1.54, 1.807) is 0 Å². The highest BCUT2D eigenvalue weighted by atomic mass is 16.7. The van der Waals surface area contributed by atoms with Crippen molar-refractivity contribution >= 4 is 23.9 Å². The molecule has 0 unspecified atom stereocenters. The van der Waals surface area contributed by atoms with Crippen molar-refractivity contribution in [2.45, 2.75) is 95.7 Å². The maximum Gasteiger partial charge on any atom is 0.304 e. The second-order valence-corrected chi connectivity index (χ2v) is 8.51. The topological polar surface area (TPSA) is 213 Å². The second kappa shape index (κ2) is 12.5. The fraction of sp³-hybridized carbons (Fsp3) is 0.800. The first-order valence-electron chi connectivity index (χ1n) is 11.1. The van der Waals surface area contributed by atoms with Crippen molar-refractivity contribution < 1.29 is 52.7 Å². The van der Waals surface area contributed by atoms with E-state index in [4.69, 9.17) is 23.7 Å². The van der Waals surface area contributed by atoms with E-state index in [0.717, 1.165) is 27.7 Å². The molecule has 0 amide bonds. The zero-order valence-corrected chi connectivity index (χ0v) is 20.1. The molecule has 1 saturated heterocycles. The van der Waals surface area contributed by atoms with Crippen LogP contribution in [0, 0.1) is 20.2 Å². The van der Waals surface area contributed by atoms with Crippen molar-refractivity contribution in [3.63, 3.8) is 0 Å². The van der Waals surface area contributed by atoms with E-state index in [1.807, 2.05) is 0 Å². The number of rotatable bonds is 9. The molecule has 1 aliphatic carbocycles. The Kier molecular flexibility index (Phi) is 10.0. The van der Waals surface area contributed by atoms with Crippen molar-refractivity contribution in [1.82, 2.24) is 5.32 Å². The maximum absolute atomic E-state index is 12.0. The average Bonchev–Trinajstić information content (AvgIpc) is 2.75. The zero-order valence-electron chi connectivity index (χ0n) is 20.1. The second-order valence-electron chi connectivity index (χ2n) is 8.51. The Morgan fingerprint density at radius 3 is 1.94 bits per heavy atom. The van der Waals surface area contributed by atoms with Gasteiger partial charge in [0.1, 0.15) is 18.8 Å². The van der Waals surface area contributed by atoms with Crippen LogP contribution in [0.2, 0.25) is 0 Å². The minimum absolute atomic E-state index is 0.00246. The fourth-order valence-electron chi connectivity index (χ4n) is 4.33. The minimum atomic E-state index is -1.51. The minimum Gasteiger partial charge on any atom is -0.463 e. The highest BCUT2D eigenvalue weighted by molar-refractivity contribution is 5.68. The van der Waals surface area contributed by atoms with Gasteiger partial charge in [0, 0.05) is 44.0 Å². The monoisotopic (exact) mass is 519 g/mol. The summed E-state index contributed by atoms with van der Waals surface area (Å²) in [5.41, 5.74) is 0. The summed E-state index contributed by atoms with van der Waals surface area (Å²) in [6.07, 6.45) is -5.83. The van der Waals surface area contributed by atoms with Gasteiger partial charge in [0.15, 0.2) is 12.2 Å². The largest absolute Gasteiger partial charge is 0.463 e. The average molecular weight is 519 g/mol. The van der Waals surface area contributed by atoms with Crippen LogP contribution in [-0.2, 0) is 42.9 Å². The Bertz CT molecular complexity index is 881. The van der Waals surface area contributed by atoms with Crippen LogP contribution in [0.4, 0.5) is 0 Å². The maximum atomic E-state index is 12.0. The molecule has 0 aromatic heterocycles. The van der Waals surface area contributed by atoms with Crippen LogP contribution in [0.25, 0.3) is 0 Å². The predicted molar refractivity (Wildman–Crippen MR) is 114 cm³/mol. The number of nitro groups is 2. The summed E-state index contributed by atoms with van der Waals surface area (Å²) in [7, 11) is 0. The van der Waals surface area contributed by atoms with Crippen molar-refractivity contribution in [3.05, 3.63) is 20.2 Å². The summed E-state index contributed by atoms with van der Waals surface area (Å²) < 4.78 is 26.6. The van der Waals surface area contributed by atoms with Gasteiger partial charge in [-0.15, -0.1) is 0 Å². The van der Waals surface area contributed by atoms with E-state index < -0.39 is 89.1 Å². The predicted octanol–water partition coefficient (Wildman–Crippen LogP) is -0.498. The molecule has 1 N–H and O–H groups in total. The number of hydrogen-bond acceptors (Lipinski definition) is 14. The Hall–Kier alpha value is -3.40. The third kappa shape index (κ3) is 7.81. The Morgan fingerprint density at radius 2 is 1.44 bits per heavy atom. The van der Waals surface area contributed by atoms with Crippen LogP contribution in [-0.4, -0.2) is 89.1 Å². The number of nitrogens with one attached hydrogen (secondary N) is 1. The molecule has 0 aromatic carbocycles. The molecule has 36 heavy (non-hydrogen) atoms. The third-order valence-corrected chi connectivity index (χ3v) is 5.75. The fourth-order valence-corrected chi connectivity index (χ4v) is 4.33. The van der Waals surface area contributed by atoms with Gasteiger partial charge in [0.2, 0.25) is 18.4 Å². The van der Waals surface area contributed by atoms with Crippen LogP contribution in [0.5, 0.6) is 0 Å². The van der Waals surface area contributed by atoms with Gasteiger partial charge in [0.05, 0.1) is 12.5 Å². The van der Waals surface area contributed by atoms with Gasteiger partial charge >= 0.3 is 23.9 Å². The van der Waals surface area contributed by atoms with Gasteiger partial charge in [-0.3, -0.25) is 44.7 Å². The normalized spacial score (nSPS) is 32.0. The third-order valence-electron chi connectivity index (χ3n) is 5.75. The first-order chi connectivity index (χ1) is 16.8. The molecular formula is C20H29N3O13. The summed E-state index contributed by atoms with van der Waals surface area (Å²) in [5.74, 6) is -3.12. The Labute approximate surface area is 205 Å². The molecular weight excluding hydrogens is 490 g/mol. The van der Waals surface area contributed by atoms with E-state index in [9.17, 15) is 39.4 Å². The molecule has 2 aliphatic rings. The van der Waals surface area contributed by atoms with E-state index in [0.29, 0.717) is 0 Å². The first kappa shape index (κ1) is 28.8. The van der Waals surface area contributed by atoms with Gasteiger partial charge in [0.25, 0.3) is 0 Å². The molecule has 2 rings (SSSR count). The summed E-state index contributed by atoms with van der Waals surface area (Å²) in [5, 5.41) is 25.8. The van der Waals surface area contributed by atoms with Crippen molar-refractivity contribution in [3.8, 4) is 0 Å². The highest BCUT2D eigenvalue weighted by Gasteiger charge is 2.54. The summed E-state index contributed by atoms with van der Waals surface area (Å²) in [6, 6.07) is -4.76. The Balaban J connectivity index is 2.45. The quantitative estimate of drug-likeness (QED) is 0.176. The lowest BCUT2D eigenvalue weighted by atomic mass is 9.85. The van der Waals surface area contributed by atoms with Gasteiger partial charge in [-0.25, -0.2) is 0 Å². The van der Waals surface area contributed by atoms with Crippen LogP contribution in [0.1, 0.15) is 47.0 Å². The van der Waals surface area contributed by atoms with Gasteiger partial charge in [-0.1, -0.05) is 0 Å². The number of hydrogen-bond donors (Lipinski definition) is 1. The molecule has 0 bridgehead atoms. The molecule has 202 valence electrons.